The van der Waals surface area contributed by atoms with Gasteiger partial charge in [-0.25, -0.2) is 0 Å². The van der Waals surface area contributed by atoms with Crippen molar-refractivity contribution in [2.75, 3.05) is 6.61 Å². The summed E-state index contributed by atoms with van der Waals surface area (Å²) in [4.78, 5) is 8.39. The van der Waals surface area contributed by atoms with Gasteiger partial charge in [-0.1, -0.05) is 18.2 Å². The summed E-state index contributed by atoms with van der Waals surface area (Å²) in [7, 11) is 0. The van der Waals surface area contributed by atoms with E-state index in [1.165, 1.54) is 5.56 Å². The first-order chi connectivity index (χ1) is 7.40. The molecule has 2 radical (unpaired) electrons. The van der Waals surface area contributed by atoms with Crippen molar-refractivity contribution in [3.05, 3.63) is 42.1 Å². The molecular weight excluding hydrogens is 188 g/mol. The van der Waals surface area contributed by atoms with Crippen LogP contribution in [0.3, 0.4) is 0 Å². The molecule has 0 aliphatic carbocycles. The number of benzene rings is 1. The summed E-state index contributed by atoms with van der Waals surface area (Å²) in [5, 5.41) is 1.15. The number of rotatable bonds is 4. The molecule has 0 amide bonds. The van der Waals surface area contributed by atoms with E-state index in [-0.39, 0.29) is 0 Å². The lowest BCUT2D eigenvalue weighted by Gasteiger charge is -2.01. The maximum atomic E-state index is 8.20. The van der Waals surface area contributed by atoms with E-state index in [1.807, 2.05) is 30.5 Å². The Bertz CT molecular complexity index is 442. The van der Waals surface area contributed by atoms with Crippen molar-refractivity contribution in [3.63, 3.8) is 0 Å². The predicted octanol–water partition coefficient (Wildman–Crippen LogP) is 2.17. The summed E-state index contributed by atoms with van der Waals surface area (Å²) in [6, 6.07) is 10.2. The second-order valence-corrected chi connectivity index (χ2v) is 3.47. The van der Waals surface area contributed by atoms with Gasteiger partial charge in [-0.2, -0.15) is 0 Å². The highest BCUT2D eigenvalue weighted by atomic mass is 16.6. The molecule has 0 aliphatic rings. The van der Waals surface area contributed by atoms with Crippen molar-refractivity contribution >= 4 is 10.9 Å². The molecule has 0 spiro atoms. The molecule has 0 fully saturated rings. The van der Waals surface area contributed by atoms with Gasteiger partial charge in [0.15, 0.2) is 0 Å². The summed E-state index contributed by atoms with van der Waals surface area (Å²) in [6.45, 7) is 0.368. The van der Waals surface area contributed by atoms with Crippen molar-refractivity contribution in [2.24, 2.45) is 0 Å². The van der Waals surface area contributed by atoms with Gasteiger partial charge in [-0.3, -0.25) is 9.82 Å². The molecule has 3 nitrogen and oxygen atoms in total. The van der Waals surface area contributed by atoms with E-state index in [4.69, 9.17) is 5.90 Å². The van der Waals surface area contributed by atoms with Crippen molar-refractivity contribution in [3.8, 4) is 0 Å². The van der Waals surface area contributed by atoms with Crippen LogP contribution in [-0.4, -0.2) is 11.6 Å². The zero-order chi connectivity index (χ0) is 10.5. The number of aryl methyl sites for hydroxylation is 1. The molecule has 3 heteroatoms. The summed E-state index contributed by atoms with van der Waals surface area (Å²) < 4.78 is 0. The molecule has 15 heavy (non-hydrogen) atoms. The average molecular weight is 200 g/mol. The van der Waals surface area contributed by atoms with Gasteiger partial charge in [0.05, 0.1) is 12.1 Å². The smallest absolute Gasteiger partial charge is 0.0723 e. The average Bonchev–Trinajstić information content (AvgIpc) is 2.29. The molecule has 1 aromatic heterocycles. The van der Waals surface area contributed by atoms with Crippen LogP contribution in [0.15, 0.2) is 36.5 Å². The maximum absolute atomic E-state index is 8.20. The Morgan fingerprint density at radius 1 is 1.27 bits per heavy atom. The number of hydrogen-bond acceptors (Lipinski definition) is 2. The lowest BCUT2D eigenvalue weighted by Crippen LogP contribution is -1.94. The van der Waals surface area contributed by atoms with Crippen LogP contribution in [0.25, 0.3) is 10.9 Å². The monoisotopic (exact) mass is 200 g/mol. The molecule has 0 saturated heterocycles. The van der Waals surface area contributed by atoms with Crippen molar-refractivity contribution < 1.29 is 4.84 Å². The number of hydrogen-bond donors (Lipinski definition) is 0. The molecule has 76 valence electrons. The summed E-state index contributed by atoms with van der Waals surface area (Å²) >= 11 is 0. The van der Waals surface area contributed by atoms with Crippen LogP contribution in [0, 0.1) is 0 Å². The third-order valence-electron chi connectivity index (χ3n) is 2.35. The normalized spacial score (nSPS) is 10.7. The molecule has 2 aromatic rings. The SMILES string of the molecule is [N]OCCCc1cnc2ccccc2c1. The minimum Gasteiger partial charge on any atom is -0.264 e. The van der Waals surface area contributed by atoms with Crippen LogP contribution in [0.1, 0.15) is 12.0 Å². The van der Waals surface area contributed by atoms with E-state index < -0.39 is 0 Å². The summed E-state index contributed by atoms with van der Waals surface area (Å²) in [5.41, 5.74) is 2.19. The highest BCUT2D eigenvalue weighted by Crippen LogP contribution is 2.13. The fourth-order valence-corrected chi connectivity index (χ4v) is 1.59. The second-order valence-electron chi connectivity index (χ2n) is 3.47. The van der Waals surface area contributed by atoms with Crippen LogP contribution in [0.5, 0.6) is 0 Å². The Morgan fingerprint density at radius 3 is 3.00 bits per heavy atom. The number of para-hydroxylation sites is 1. The quantitative estimate of drug-likeness (QED) is 0.560. The highest BCUT2D eigenvalue weighted by molar-refractivity contribution is 5.78. The topological polar surface area (TPSA) is 44.4 Å². The van der Waals surface area contributed by atoms with Crippen molar-refractivity contribution in [1.82, 2.24) is 10.9 Å². The predicted molar refractivity (Wildman–Crippen MR) is 58.2 cm³/mol. The maximum Gasteiger partial charge on any atom is 0.0723 e. The third kappa shape index (κ3) is 2.52. The van der Waals surface area contributed by atoms with Crippen LogP contribution in [-0.2, 0) is 11.3 Å². The Kier molecular flexibility index (Phi) is 3.27. The Morgan fingerprint density at radius 2 is 2.13 bits per heavy atom. The Balaban J connectivity index is 2.16. The zero-order valence-electron chi connectivity index (χ0n) is 8.39. The van der Waals surface area contributed by atoms with Gasteiger partial charge in [0, 0.05) is 17.5 Å². The molecule has 1 aromatic carbocycles. The number of fused-ring (bicyclic) bond motifs is 1. The number of aromatic nitrogens is 1. The molecule has 0 unspecified atom stereocenters. The molecule has 0 bridgehead atoms. The van der Waals surface area contributed by atoms with Crippen LogP contribution in [0.4, 0.5) is 0 Å². The fraction of sp³-hybridized carbons (Fsp3) is 0.250. The van der Waals surface area contributed by atoms with Crippen LogP contribution < -0.4 is 5.90 Å². The molecule has 0 saturated carbocycles. The van der Waals surface area contributed by atoms with Gasteiger partial charge in [-0.15, -0.1) is 0 Å². The molecule has 0 aliphatic heterocycles. The molecule has 2 rings (SSSR count). The summed E-state index contributed by atoms with van der Waals surface area (Å²) in [5.74, 6) is 8.20. The second kappa shape index (κ2) is 4.87. The van der Waals surface area contributed by atoms with E-state index in [9.17, 15) is 0 Å². The van der Waals surface area contributed by atoms with E-state index in [2.05, 4.69) is 15.9 Å². The first-order valence-electron chi connectivity index (χ1n) is 5.00. The van der Waals surface area contributed by atoms with Gasteiger partial charge < -0.3 is 0 Å². The first kappa shape index (κ1) is 10.1. The van der Waals surface area contributed by atoms with Gasteiger partial charge in [0.1, 0.15) is 0 Å². The van der Waals surface area contributed by atoms with Gasteiger partial charge in [0.2, 0.25) is 0 Å². The number of pyridine rings is 1. The lowest BCUT2D eigenvalue weighted by molar-refractivity contribution is 0.116. The van der Waals surface area contributed by atoms with E-state index in [0.717, 1.165) is 23.7 Å². The van der Waals surface area contributed by atoms with Crippen molar-refractivity contribution in [2.45, 2.75) is 12.8 Å². The standard InChI is InChI=1S/C12H12N2O/c13-15-7-3-4-10-8-11-5-1-2-6-12(11)14-9-10/h1-2,5-6,8-9H,3-4,7H2. The largest absolute Gasteiger partial charge is 0.264 e. The molecule has 0 atom stereocenters. The molecular formula is C12H12N2O. The zero-order valence-corrected chi connectivity index (χ0v) is 8.39. The minimum atomic E-state index is 0.368. The van der Waals surface area contributed by atoms with Gasteiger partial charge in [0.25, 0.3) is 0 Å². The van der Waals surface area contributed by atoms with Crippen molar-refractivity contribution in [1.29, 1.82) is 0 Å². The Hall–Kier alpha value is -1.45. The molecule has 0 N–H and O–H groups in total. The fourth-order valence-electron chi connectivity index (χ4n) is 1.59. The van der Waals surface area contributed by atoms with E-state index >= 15 is 0 Å². The Labute approximate surface area is 88.8 Å². The number of nitrogens with zero attached hydrogens (tertiary/aromatic N) is 2. The third-order valence-corrected chi connectivity index (χ3v) is 2.35. The van der Waals surface area contributed by atoms with Gasteiger partial charge >= 0.3 is 0 Å². The summed E-state index contributed by atoms with van der Waals surface area (Å²) in [6.07, 6.45) is 3.55. The van der Waals surface area contributed by atoms with Crippen LogP contribution in [0.2, 0.25) is 0 Å². The van der Waals surface area contributed by atoms with Crippen LogP contribution >= 0.6 is 0 Å². The van der Waals surface area contributed by atoms with Gasteiger partial charge in [-0.05, 0) is 30.5 Å². The first-order valence-corrected chi connectivity index (χ1v) is 5.00. The molecule has 1 heterocycles. The van der Waals surface area contributed by atoms with E-state index in [0.29, 0.717) is 6.61 Å². The highest BCUT2D eigenvalue weighted by Gasteiger charge is 1.97. The lowest BCUT2D eigenvalue weighted by atomic mass is 10.1. The minimum absolute atomic E-state index is 0.368. The van der Waals surface area contributed by atoms with E-state index in [1.54, 1.807) is 0 Å².